The number of hydrogen-bond acceptors (Lipinski definition) is 2. The minimum atomic E-state index is -0.0186. The summed E-state index contributed by atoms with van der Waals surface area (Å²) in [7, 11) is 1.62. The lowest BCUT2D eigenvalue weighted by Gasteiger charge is -2.06. The third kappa shape index (κ3) is 4.09. The number of ether oxygens (including phenoxy) is 2. The van der Waals surface area contributed by atoms with Crippen LogP contribution in [0.5, 0.6) is 0 Å². The number of hydrogen-bond donors (Lipinski definition) is 0. The summed E-state index contributed by atoms with van der Waals surface area (Å²) in [5, 5.41) is 0. The van der Waals surface area contributed by atoms with Crippen LogP contribution in [0.3, 0.4) is 0 Å². The zero-order valence-electron chi connectivity index (χ0n) is 5.52. The van der Waals surface area contributed by atoms with E-state index in [-0.39, 0.29) is 6.10 Å². The lowest BCUT2D eigenvalue weighted by atomic mass is 10.4. The maximum Gasteiger partial charge on any atom is 0.0805 e. The van der Waals surface area contributed by atoms with E-state index in [2.05, 4.69) is 6.92 Å². The Morgan fingerprint density at radius 1 is 1.62 bits per heavy atom. The SMILES string of the molecule is [CH2]C(COCC)OC. The minimum Gasteiger partial charge on any atom is -0.379 e. The molecule has 49 valence electrons. The first kappa shape index (κ1) is 7.92. The van der Waals surface area contributed by atoms with Crippen molar-refractivity contribution in [1.29, 1.82) is 0 Å². The highest BCUT2D eigenvalue weighted by atomic mass is 16.5. The summed E-state index contributed by atoms with van der Waals surface area (Å²) in [4.78, 5) is 0. The van der Waals surface area contributed by atoms with Crippen LogP contribution in [-0.4, -0.2) is 26.4 Å². The molecule has 0 N–H and O–H groups in total. The van der Waals surface area contributed by atoms with E-state index in [9.17, 15) is 0 Å². The minimum absolute atomic E-state index is 0.0186. The van der Waals surface area contributed by atoms with Gasteiger partial charge < -0.3 is 9.47 Å². The van der Waals surface area contributed by atoms with Crippen molar-refractivity contribution in [2.75, 3.05) is 20.3 Å². The fourth-order valence-corrected chi connectivity index (χ4v) is 0.317. The summed E-state index contributed by atoms with van der Waals surface area (Å²) in [6.45, 7) is 6.92. The molecule has 0 aliphatic rings. The van der Waals surface area contributed by atoms with Gasteiger partial charge in [0.2, 0.25) is 0 Å². The van der Waals surface area contributed by atoms with Crippen molar-refractivity contribution >= 4 is 0 Å². The first-order valence-electron chi connectivity index (χ1n) is 2.74. The van der Waals surface area contributed by atoms with Gasteiger partial charge in [0.1, 0.15) is 0 Å². The highest BCUT2D eigenvalue weighted by Gasteiger charge is 1.95. The van der Waals surface area contributed by atoms with Crippen molar-refractivity contribution in [2.24, 2.45) is 0 Å². The monoisotopic (exact) mass is 117 g/mol. The van der Waals surface area contributed by atoms with Gasteiger partial charge in [-0.3, -0.25) is 0 Å². The lowest BCUT2D eigenvalue weighted by molar-refractivity contribution is 0.0369. The molecule has 0 fully saturated rings. The summed E-state index contributed by atoms with van der Waals surface area (Å²) in [6, 6.07) is 0. The molecule has 0 aliphatic carbocycles. The van der Waals surface area contributed by atoms with E-state index in [1.165, 1.54) is 0 Å². The average molecular weight is 117 g/mol. The smallest absolute Gasteiger partial charge is 0.0805 e. The molecule has 0 saturated heterocycles. The Hall–Kier alpha value is -0.0800. The van der Waals surface area contributed by atoms with Gasteiger partial charge in [-0.15, -0.1) is 0 Å². The maximum absolute atomic E-state index is 5.00. The van der Waals surface area contributed by atoms with E-state index in [4.69, 9.17) is 9.47 Å². The topological polar surface area (TPSA) is 18.5 Å². The van der Waals surface area contributed by atoms with Crippen molar-refractivity contribution in [3.8, 4) is 0 Å². The molecule has 0 rings (SSSR count). The fourth-order valence-electron chi connectivity index (χ4n) is 0.317. The second-order valence-electron chi connectivity index (χ2n) is 1.52. The molecule has 1 radical (unpaired) electrons. The van der Waals surface area contributed by atoms with E-state index in [1.807, 2.05) is 6.92 Å². The van der Waals surface area contributed by atoms with Crippen molar-refractivity contribution in [3.05, 3.63) is 6.92 Å². The normalized spacial score (nSPS) is 13.9. The zero-order chi connectivity index (χ0) is 6.41. The highest BCUT2D eigenvalue weighted by molar-refractivity contribution is 4.55. The molecular weight excluding hydrogens is 104 g/mol. The molecule has 8 heavy (non-hydrogen) atoms. The van der Waals surface area contributed by atoms with Crippen LogP contribution in [0.1, 0.15) is 6.92 Å². The van der Waals surface area contributed by atoms with Crippen molar-refractivity contribution in [2.45, 2.75) is 13.0 Å². The highest BCUT2D eigenvalue weighted by Crippen LogP contribution is 1.86. The van der Waals surface area contributed by atoms with Crippen LogP contribution < -0.4 is 0 Å². The lowest BCUT2D eigenvalue weighted by Crippen LogP contribution is -2.13. The molecule has 0 saturated carbocycles. The molecule has 2 nitrogen and oxygen atoms in total. The molecule has 0 bridgehead atoms. The Bertz CT molecular complexity index is 45.8. The van der Waals surface area contributed by atoms with Gasteiger partial charge in [0.25, 0.3) is 0 Å². The molecule has 0 spiro atoms. The maximum atomic E-state index is 5.00. The predicted molar refractivity (Wildman–Crippen MR) is 32.6 cm³/mol. The van der Waals surface area contributed by atoms with E-state index in [1.54, 1.807) is 7.11 Å². The Morgan fingerprint density at radius 3 is 2.62 bits per heavy atom. The first-order valence-corrected chi connectivity index (χ1v) is 2.74. The predicted octanol–water partition coefficient (Wildman–Crippen LogP) is 0.872. The van der Waals surface area contributed by atoms with Gasteiger partial charge in [-0.2, -0.15) is 0 Å². The van der Waals surface area contributed by atoms with E-state index in [0.717, 1.165) is 6.61 Å². The van der Waals surface area contributed by atoms with Crippen LogP contribution in [0, 0.1) is 6.92 Å². The van der Waals surface area contributed by atoms with Gasteiger partial charge >= 0.3 is 0 Å². The molecule has 1 unspecified atom stereocenters. The van der Waals surface area contributed by atoms with Crippen LogP contribution in [0.25, 0.3) is 0 Å². The van der Waals surface area contributed by atoms with E-state index >= 15 is 0 Å². The van der Waals surface area contributed by atoms with Gasteiger partial charge in [-0.1, -0.05) is 0 Å². The summed E-state index contributed by atoms with van der Waals surface area (Å²) in [5.41, 5.74) is 0. The van der Waals surface area contributed by atoms with Crippen LogP contribution in [-0.2, 0) is 9.47 Å². The average Bonchev–Trinajstić information content (AvgIpc) is 1.83. The number of methoxy groups -OCH3 is 1. The van der Waals surface area contributed by atoms with Crippen LogP contribution >= 0.6 is 0 Å². The molecule has 0 aromatic rings. The van der Waals surface area contributed by atoms with Gasteiger partial charge in [0.15, 0.2) is 0 Å². The van der Waals surface area contributed by atoms with Gasteiger partial charge in [0.05, 0.1) is 12.7 Å². The van der Waals surface area contributed by atoms with E-state index in [0.29, 0.717) is 6.61 Å². The Labute approximate surface area is 50.8 Å². The zero-order valence-corrected chi connectivity index (χ0v) is 5.52. The Kier molecular flexibility index (Phi) is 5.01. The third-order valence-electron chi connectivity index (χ3n) is 0.841. The van der Waals surface area contributed by atoms with Gasteiger partial charge in [-0.25, -0.2) is 0 Å². The second kappa shape index (κ2) is 5.06. The molecule has 2 heteroatoms. The summed E-state index contributed by atoms with van der Waals surface area (Å²) in [5.74, 6) is 0. The van der Waals surface area contributed by atoms with Crippen molar-refractivity contribution in [1.82, 2.24) is 0 Å². The summed E-state index contributed by atoms with van der Waals surface area (Å²) < 4.78 is 9.81. The quantitative estimate of drug-likeness (QED) is 0.544. The molecule has 1 atom stereocenters. The van der Waals surface area contributed by atoms with Crippen LogP contribution in [0.4, 0.5) is 0 Å². The fraction of sp³-hybridized carbons (Fsp3) is 0.833. The summed E-state index contributed by atoms with van der Waals surface area (Å²) >= 11 is 0. The van der Waals surface area contributed by atoms with Crippen LogP contribution in [0.2, 0.25) is 0 Å². The van der Waals surface area contributed by atoms with Crippen molar-refractivity contribution in [3.63, 3.8) is 0 Å². The van der Waals surface area contributed by atoms with Gasteiger partial charge in [0, 0.05) is 13.7 Å². The molecular formula is C6H13O2. The molecule has 0 aliphatic heterocycles. The van der Waals surface area contributed by atoms with E-state index < -0.39 is 0 Å². The summed E-state index contributed by atoms with van der Waals surface area (Å²) in [6.07, 6.45) is -0.0186. The first-order chi connectivity index (χ1) is 3.81. The standard InChI is InChI=1S/C6H13O2/c1-4-8-5-6(2)7-3/h6H,2,4-5H2,1,3H3. The van der Waals surface area contributed by atoms with Crippen LogP contribution in [0.15, 0.2) is 0 Å². The molecule has 0 aromatic carbocycles. The Balaban J connectivity index is 2.86. The molecule has 0 amide bonds. The third-order valence-corrected chi connectivity index (χ3v) is 0.841. The van der Waals surface area contributed by atoms with Gasteiger partial charge in [-0.05, 0) is 13.8 Å². The number of rotatable bonds is 4. The Morgan fingerprint density at radius 2 is 2.25 bits per heavy atom. The van der Waals surface area contributed by atoms with Crippen molar-refractivity contribution < 1.29 is 9.47 Å². The largest absolute Gasteiger partial charge is 0.379 e. The molecule has 0 aromatic heterocycles. The molecule has 0 heterocycles. The second-order valence-corrected chi connectivity index (χ2v) is 1.52.